The number of halogens is 1. The average molecular weight is 2280 g/mol. The van der Waals surface area contributed by atoms with Gasteiger partial charge in [-0.15, -0.1) is 5.60 Å². The molecule has 0 bridgehead atoms. The topological polar surface area (TPSA) is 242 Å². The molecule has 20 aliphatic carbocycles. The van der Waals surface area contributed by atoms with Crippen LogP contribution in [-0.4, -0.2) is 136 Å². The van der Waals surface area contributed by atoms with Crippen molar-refractivity contribution in [1.29, 1.82) is 0 Å². The van der Waals surface area contributed by atoms with Crippen molar-refractivity contribution in [2.45, 2.75) is 547 Å². The monoisotopic (exact) mass is 2280 g/mol. The number of epoxide rings is 1. The second-order valence-corrected chi connectivity index (χ2v) is 74.9. The predicted octanol–water partition coefficient (Wildman–Crippen LogP) is 26.1. The Hall–Kier alpha value is 1.00. The van der Waals surface area contributed by atoms with Gasteiger partial charge in [-0.25, -0.2) is 16.8 Å². The minimum absolute atomic E-state index is 0. The van der Waals surface area contributed by atoms with Crippen LogP contribution in [0, 0.1) is 168 Å². The minimum Gasteiger partial charge on any atom is -0.850 e. The Labute approximate surface area is 989 Å². The van der Waals surface area contributed by atoms with E-state index in [1.54, 1.807) is 45.0 Å². The van der Waals surface area contributed by atoms with E-state index in [1.807, 2.05) is 50.2 Å². The number of aliphatic hydroxyl groups is 6. The summed E-state index contributed by atoms with van der Waals surface area (Å²) in [7, 11) is -6.04. The molecule has 1 aliphatic heterocycles. The molecule has 0 amide bonds. The van der Waals surface area contributed by atoms with Crippen molar-refractivity contribution < 1.29 is 132 Å². The van der Waals surface area contributed by atoms with E-state index in [2.05, 4.69) is 123 Å². The van der Waals surface area contributed by atoms with Gasteiger partial charge in [-0.2, -0.15) is 13.6 Å². The van der Waals surface area contributed by atoms with Crippen molar-refractivity contribution in [1.82, 2.24) is 0 Å². The minimum atomic E-state index is -3.60. The van der Waals surface area contributed by atoms with Crippen molar-refractivity contribution in [3.05, 3.63) is 67.6 Å². The molecule has 5 spiro atoms. The first-order valence-corrected chi connectivity index (χ1v) is 69.0. The molecule has 150 heavy (non-hydrogen) atoms. The molecule has 2 aromatic carbocycles. The molecule has 0 aromatic heterocycles. The van der Waals surface area contributed by atoms with Gasteiger partial charge in [0.15, 0.2) is 19.7 Å². The van der Waals surface area contributed by atoms with Crippen LogP contribution in [0.4, 0.5) is 0 Å². The Bertz CT molecular complexity index is 4730. The normalized spacial score (nSPS) is 41.5. The van der Waals surface area contributed by atoms with Gasteiger partial charge >= 0.3 is 70.2 Å². The summed E-state index contributed by atoms with van der Waals surface area (Å²) >= 11 is 2.46. The molecular weight excluding hydrogens is 2050 g/mol. The van der Waals surface area contributed by atoms with E-state index in [1.165, 1.54) is 238 Å². The van der Waals surface area contributed by atoms with Gasteiger partial charge < -0.3 is 47.4 Å². The third-order valence-electron chi connectivity index (χ3n) is 47.7. The second kappa shape index (κ2) is 50.8. The molecule has 21 fully saturated rings. The standard InChI is InChI=1S/C38H58O4S.C32H54O2.C29H44O3S.C9H14O.C8H12O.C4H9O.C4H9.C3H9IS.CH4O.3CH4.K.Li/c1-26(33(43(41,42)28-8-6-5-7-9-28)25-38(40)22-20-37(18-19-37)21-23-38)30-12-13-31-29-11-10-27-24-34(2,39)16-17-35(27,3)32(29)14-15-36(30,31)4;1-22(9-12-32(34)19-17-31(15-16-31)18-20-32)25-7-8-26-24-6-5-23-21-28(2,33)13-14-29(23,3)27(24)10-11-30(25,26)4;1-20(19-33(31,32)22-8-6-5-7-9-22)24-12-13-25-23-11-10-21-18-27(2,30)16-17-28(21,3)26(23)14-15-29(24,25)4;1-2-8(1)3-5-9(6-4-8)7-10-9;9-7-1-3-8(4-2-7)5-6-8;1-4(2,3)5;1-3-4-2;1-5(2,3)4;1-2;;;;;/h5-9,26-27,29-33,39-40H,10-25H2,1-4H3;22-27,33-34H,5-21H2,1-4H3;5-9,20-21,23-26,30H,10-19H2,1-4H3;1-7H2;1-6H2;1-3H3;1,3-4H2,2H3;1-3H3;2H,1H3;3*1H4;;/q;;;;;2*-1;;;;;;2*+1/t26-,27-,29-,30+,31-,32-,33?,34-,35-,36+;22-,23+,24+,25-,26+,27+,28+,29+,30-;20-,21+,23+,24-,25+,26+,27+,28+,29-;;;;;;;;;;;/m011.........../s1. The predicted molar refractivity (Wildman–Crippen MR) is 627 cm³/mol. The molecule has 2 aromatic rings. The number of ketones is 1. The van der Waals surface area contributed by atoms with Crippen molar-refractivity contribution in [2.24, 2.45) is 161 Å². The van der Waals surface area contributed by atoms with Crippen LogP contribution >= 0.6 is 28.4 Å². The number of Topliss-reactive ketones (excluding diaryl/α,β-unsaturated/α-hetero) is 1. The van der Waals surface area contributed by atoms with Gasteiger partial charge in [0.1, 0.15) is 5.78 Å². The Morgan fingerprint density at radius 1 is 0.420 bits per heavy atom. The third-order valence-corrected chi connectivity index (χ3v) is 52.0. The molecule has 854 valence electrons. The van der Waals surface area contributed by atoms with Crippen LogP contribution in [0.25, 0.3) is 0 Å². The molecule has 21 aliphatic rings. The van der Waals surface area contributed by atoms with Crippen molar-refractivity contribution in [2.75, 3.05) is 38.2 Å². The van der Waals surface area contributed by atoms with Crippen LogP contribution in [0.5, 0.6) is 0 Å². The van der Waals surface area contributed by atoms with Crippen molar-refractivity contribution in [3.8, 4) is 0 Å². The van der Waals surface area contributed by atoms with Gasteiger partial charge in [0.25, 0.3) is 0 Å². The Morgan fingerprint density at radius 3 is 1.05 bits per heavy atom. The van der Waals surface area contributed by atoms with Crippen LogP contribution < -0.4 is 75.4 Å². The van der Waals surface area contributed by atoms with E-state index in [-0.39, 0.29) is 134 Å². The zero-order valence-electron chi connectivity index (χ0n) is 97.6. The van der Waals surface area contributed by atoms with Gasteiger partial charge in [-0.3, -0.25) is 4.79 Å². The number of rotatable bonds is 15. The summed E-state index contributed by atoms with van der Waals surface area (Å²) in [4.78, 5) is 11.7. The van der Waals surface area contributed by atoms with E-state index >= 15 is 0 Å². The quantitative estimate of drug-likeness (QED) is 0.0421. The van der Waals surface area contributed by atoms with E-state index in [4.69, 9.17) is 9.84 Å². The van der Waals surface area contributed by atoms with E-state index in [0.29, 0.717) is 95.1 Å². The SMILES string of the molecule is C.C.C.C1CC12CCC1(CC2)CO1.CC(C)(C)[O-].CO.CS(C)(C)I.C[C@H](C(CC1(O)CCC2(CC1)CC2)S(=O)(=O)c1ccccc1)[C@H]1CC[C@H]2[C@@H]3CC[C@H]4C[C@@](C)(O)CC[C@]4(C)[C@H]3CC[C@]12C.C[C@H](CCC1(O)CCC2(CC1)CC2)[C@H]1CC[C@H]2[C@@H]3CC[C@H]4C[C@@](C)(O)CC[C@]4(C)[C@H]3CC[C@]12C.C[C@H](CS(=O)(=O)c1ccccc1)[C@H]1CC[C@H]2[C@@H]3CC[C@H]4C[C@@](C)(O)CC[C@]4(C)[C@H]3CC[C@]12C.O=C1CCC2(CC1)CC2.[CH2-]CCC.[K+].[Li+]. The number of carbonyl (C=O) groups excluding carboxylic acids is 1. The Morgan fingerprint density at radius 2 is 0.713 bits per heavy atom. The number of benzene rings is 2. The number of hydrogen-bond donors (Lipinski definition) is 6. The summed E-state index contributed by atoms with van der Waals surface area (Å²) in [5.41, 5.74) is 1.85. The average Bonchev–Trinajstić information content (AvgIpc) is 1.49. The zero-order valence-corrected chi connectivity index (χ0v) is 105. The van der Waals surface area contributed by atoms with E-state index in [9.17, 15) is 52.3 Å². The molecule has 19 heteroatoms. The van der Waals surface area contributed by atoms with Crippen LogP contribution in [0.1, 0.15) is 493 Å². The molecular formula is C131H225IKLiO13S3. The number of fused-ring (bicyclic) bond motifs is 15. The molecule has 1 unspecified atom stereocenters. The van der Waals surface area contributed by atoms with Crippen LogP contribution in [-0.2, 0) is 29.2 Å². The fourth-order valence-electron chi connectivity index (χ4n) is 37.4. The molecule has 1 saturated heterocycles. The molecule has 1 heterocycles. The summed E-state index contributed by atoms with van der Waals surface area (Å²) < 4.78 is 60.7. The fraction of sp³-hybridized carbons (Fsp3) is 0.893. The number of unbranched alkanes of at least 4 members (excludes halogenated alkanes) is 1. The maximum absolute atomic E-state index is 14.5. The van der Waals surface area contributed by atoms with Gasteiger partial charge in [0.2, 0.25) is 0 Å². The van der Waals surface area contributed by atoms with Crippen LogP contribution in [0.3, 0.4) is 0 Å². The summed E-state index contributed by atoms with van der Waals surface area (Å²) in [6.45, 7) is 40.3. The Kier molecular flexibility index (Phi) is 45.0. The van der Waals surface area contributed by atoms with Gasteiger partial charge in [-0.05, 0) is 580 Å². The van der Waals surface area contributed by atoms with Crippen molar-refractivity contribution >= 4 is 53.9 Å². The fourth-order valence-corrected chi connectivity index (χ4v) is 41.2. The first kappa shape index (κ1) is 133. The second-order valence-electron chi connectivity index (χ2n) is 59.4. The summed E-state index contributed by atoms with van der Waals surface area (Å²) in [6.07, 6.45) is 73.9. The molecule has 0 radical (unpaired) electrons. The van der Waals surface area contributed by atoms with E-state index < -0.39 is 52.9 Å². The van der Waals surface area contributed by atoms with Crippen molar-refractivity contribution in [3.63, 3.8) is 0 Å². The molecule has 28 atom stereocenters. The molecule has 20 saturated carbocycles. The third kappa shape index (κ3) is 30.5. The number of aliphatic hydroxyl groups excluding tert-OH is 1. The summed E-state index contributed by atoms with van der Waals surface area (Å²) in [5.74, 6) is 12.6. The number of ether oxygens (including phenoxy) is 1. The molecule has 23 rings (SSSR count). The number of hydrogen-bond acceptors (Lipinski definition) is 13. The first-order valence-electron chi connectivity index (χ1n) is 60.4. The van der Waals surface area contributed by atoms with Gasteiger partial charge in [0, 0.05) is 20.0 Å². The molecule has 13 nitrogen and oxygen atoms in total. The number of sulfone groups is 2. The van der Waals surface area contributed by atoms with Crippen LogP contribution in [0.15, 0.2) is 70.5 Å². The van der Waals surface area contributed by atoms with E-state index in [0.717, 1.165) is 200 Å². The summed E-state index contributed by atoms with van der Waals surface area (Å²) in [6, 6.07) is 18.1. The van der Waals surface area contributed by atoms with Gasteiger partial charge in [-0.1, -0.05) is 155 Å². The molecule has 6 N–H and O–H groups in total. The smallest absolute Gasteiger partial charge is 0.850 e. The zero-order chi connectivity index (χ0) is 105. The summed E-state index contributed by atoms with van der Waals surface area (Å²) in [5, 5.41) is 72.3. The van der Waals surface area contributed by atoms with Crippen LogP contribution in [0.2, 0.25) is 0 Å². The first-order chi connectivity index (χ1) is 67.7. The Balaban J connectivity index is 0.000000195. The number of carbonyl (C=O) groups is 1. The maximum Gasteiger partial charge on any atom is 1.00 e. The van der Waals surface area contributed by atoms with Gasteiger partial charge in [0.05, 0.1) is 61.0 Å². The largest absolute Gasteiger partial charge is 1.00 e. The maximum atomic E-state index is 14.5.